The first kappa shape index (κ1) is 11.5. The Bertz CT molecular complexity index is 336. The summed E-state index contributed by atoms with van der Waals surface area (Å²) >= 11 is 0.504. The molecule has 0 bridgehead atoms. The number of hydrogen-bond donors (Lipinski definition) is 0. The van der Waals surface area contributed by atoms with Crippen molar-refractivity contribution >= 4 is 18.6 Å². The lowest BCUT2D eigenvalue weighted by Crippen LogP contribution is -2.03. The summed E-state index contributed by atoms with van der Waals surface area (Å²) in [6.45, 7) is 0. The second-order valence-corrected chi connectivity index (χ2v) is 4.88. The van der Waals surface area contributed by atoms with E-state index in [1.165, 1.54) is 0 Å². The van der Waals surface area contributed by atoms with Crippen molar-refractivity contribution in [3.05, 3.63) is 29.8 Å². The summed E-state index contributed by atoms with van der Waals surface area (Å²) < 4.78 is 46.4. The molecule has 1 aromatic rings. The van der Waals surface area contributed by atoms with Crippen LogP contribution in [-0.2, 0) is 10.7 Å². The predicted molar refractivity (Wildman–Crippen MR) is 44.9 cm³/mol. The van der Waals surface area contributed by atoms with Crippen molar-refractivity contribution in [3.63, 3.8) is 0 Å². The van der Waals surface area contributed by atoms with Crippen molar-refractivity contribution in [2.24, 2.45) is 0 Å². The fourth-order valence-electron chi connectivity index (χ4n) is 0.791. The predicted octanol–water partition coefficient (Wildman–Crippen LogP) is 2.82. The van der Waals surface area contributed by atoms with Gasteiger partial charge in [0.15, 0.2) is 11.4 Å². The Morgan fingerprint density at radius 1 is 1.21 bits per heavy atom. The highest BCUT2D eigenvalue weighted by Gasteiger charge is 2.30. The van der Waals surface area contributed by atoms with Crippen molar-refractivity contribution in [1.29, 1.82) is 0 Å². The van der Waals surface area contributed by atoms with Crippen molar-refractivity contribution in [1.82, 2.24) is 0 Å². The Hall–Kier alpha value is -0.580. The quantitative estimate of drug-likeness (QED) is 0.746. The van der Waals surface area contributed by atoms with E-state index in [0.29, 0.717) is 11.4 Å². The van der Waals surface area contributed by atoms with Crippen LogP contribution in [0.1, 0.15) is 5.56 Å². The van der Waals surface area contributed by atoms with E-state index in [2.05, 4.69) is 0 Å². The Morgan fingerprint density at radius 2 is 1.71 bits per heavy atom. The highest BCUT2D eigenvalue weighted by molar-refractivity contribution is 8.49. The maximum Gasteiger partial charge on any atom is 0.416 e. The SMILES string of the molecule is O=[P+]([O-])Sc1ccc(C(F)(F)F)cc1. The minimum Gasteiger partial charge on any atom is -0.584 e. The van der Waals surface area contributed by atoms with Crippen molar-refractivity contribution in [2.75, 3.05) is 0 Å². The Labute approximate surface area is 82.8 Å². The van der Waals surface area contributed by atoms with E-state index in [1.54, 1.807) is 0 Å². The molecule has 0 heterocycles. The lowest BCUT2D eigenvalue weighted by molar-refractivity contribution is -0.157. The molecule has 0 aliphatic carbocycles. The van der Waals surface area contributed by atoms with E-state index in [0.717, 1.165) is 24.3 Å². The molecule has 14 heavy (non-hydrogen) atoms. The van der Waals surface area contributed by atoms with Gasteiger partial charge in [0.25, 0.3) is 0 Å². The van der Waals surface area contributed by atoms with Crippen molar-refractivity contribution in [2.45, 2.75) is 11.1 Å². The van der Waals surface area contributed by atoms with Crippen molar-refractivity contribution < 1.29 is 22.6 Å². The Balaban J connectivity index is 2.84. The standard InChI is InChI=1S/C7H4F3O2PS/c8-7(9,10)5-1-3-6(4-2-5)14-13(11)12/h1-4H. The van der Waals surface area contributed by atoms with Gasteiger partial charge in [-0.25, -0.2) is 0 Å². The molecular formula is C7H4F3O2PS. The van der Waals surface area contributed by atoms with Crippen LogP contribution in [0.5, 0.6) is 0 Å². The average molecular weight is 240 g/mol. The molecule has 1 aromatic carbocycles. The van der Waals surface area contributed by atoms with Crippen molar-refractivity contribution in [3.8, 4) is 0 Å². The molecule has 0 aliphatic rings. The molecule has 0 N–H and O–H groups in total. The molecule has 7 heteroatoms. The van der Waals surface area contributed by atoms with Gasteiger partial charge >= 0.3 is 13.4 Å². The summed E-state index contributed by atoms with van der Waals surface area (Å²) in [6, 6.07) is 3.94. The molecule has 0 fully saturated rings. The van der Waals surface area contributed by atoms with Crippen LogP contribution in [0.2, 0.25) is 0 Å². The third-order valence-electron chi connectivity index (χ3n) is 1.36. The molecule has 0 saturated heterocycles. The normalized spacial score (nSPS) is 12.7. The topological polar surface area (TPSA) is 40.1 Å². The molecule has 0 saturated carbocycles. The van der Waals surface area contributed by atoms with E-state index >= 15 is 0 Å². The van der Waals surface area contributed by atoms with Gasteiger partial charge in [-0.05, 0) is 24.3 Å². The van der Waals surface area contributed by atoms with Crippen LogP contribution >= 0.6 is 18.6 Å². The van der Waals surface area contributed by atoms with E-state index in [9.17, 15) is 22.6 Å². The zero-order valence-electron chi connectivity index (χ0n) is 6.62. The molecule has 76 valence electrons. The van der Waals surface area contributed by atoms with Crippen LogP contribution in [0, 0.1) is 0 Å². The van der Waals surface area contributed by atoms with Crippen LogP contribution < -0.4 is 4.89 Å². The highest BCUT2D eigenvalue weighted by atomic mass is 32.7. The first-order chi connectivity index (χ1) is 6.39. The van der Waals surface area contributed by atoms with Gasteiger partial charge in [-0.3, -0.25) is 0 Å². The van der Waals surface area contributed by atoms with E-state index in [-0.39, 0.29) is 4.90 Å². The second kappa shape index (κ2) is 4.29. The molecule has 0 spiro atoms. The van der Waals surface area contributed by atoms with Gasteiger partial charge in [0.1, 0.15) is 0 Å². The number of rotatable bonds is 2. The first-order valence-electron chi connectivity index (χ1n) is 3.39. The fourth-order valence-corrected chi connectivity index (χ4v) is 2.10. The van der Waals surface area contributed by atoms with Gasteiger partial charge in [-0.1, -0.05) is 4.57 Å². The number of halogens is 3. The van der Waals surface area contributed by atoms with Crippen LogP contribution in [-0.4, -0.2) is 0 Å². The summed E-state index contributed by atoms with van der Waals surface area (Å²) in [7, 11) is -2.68. The van der Waals surface area contributed by atoms with E-state index in [1.807, 2.05) is 0 Å². The average Bonchev–Trinajstić information content (AvgIpc) is 2.02. The third-order valence-corrected chi connectivity index (χ3v) is 3.07. The van der Waals surface area contributed by atoms with Crippen LogP contribution in [0.4, 0.5) is 13.2 Å². The van der Waals surface area contributed by atoms with E-state index in [4.69, 9.17) is 0 Å². The van der Waals surface area contributed by atoms with Gasteiger partial charge in [0, 0.05) is 0 Å². The summed E-state index contributed by atoms with van der Waals surface area (Å²) in [5, 5.41) is 0. The molecule has 1 unspecified atom stereocenters. The summed E-state index contributed by atoms with van der Waals surface area (Å²) in [5.41, 5.74) is -0.789. The monoisotopic (exact) mass is 240 g/mol. The molecular weight excluding hydrogens is 236 g/mol. The maximum absolute atomic E-state index is 12.1. The molecule has 0 aliphatic heterocycles. The fraction of sp³-hybridized carbons (Fsp3) is 0.143. The van der Waals surface area contributed by atoms with Gasteiger partial charge in [0.2, 0.25) is 0 Å². The zero-order valence-corrected chi connectivity index (χ0v) is 8.33. The third kappa shape index (κ3) is 3.29. The largest absolute Gasteiger partial charge is 0.584 e. The molecule has 1 atom stereocenters. The molecule has 0 aromatic heterocycles. The second-order valence-electron chi connectivity index (χ2n) is 2.34. The Kier molecular flexibility index (Phi) is 3.53. The maximum atomic E-state index is 12.1. The smallest absolute Gasteiger partial charge is 0.416 e. The van der Waals surface area contributed by atoms with Crippen LogP contribution in [0.15, 0.2) is 29.2 Å². The molecule has 1 rings (SSSR count). The minimum absolute atomic E-state index is 0.272. The summed E-state index contributed by atoms with van der Waals surface area (Å²) in [6.07, 6.45) is -4.39. The lowest BCUT2D eigenvalue weighted by atomic mass is 10.2. The summed E-state index contributed by atoms with van der Waals surface area (Å²) in [4.78, 5) is 10.5. The number of alkyl halides is 3. The Morgan fingerprint density at radius 3 is 2.07 bits per heavy atom. The summed E-state index contributed by atoms with van der Waals surface area (Å²) in [5.74, 6) is 0. The minimum atomic E-state index is -4.39. The van der Waals surface area contributed by atoms with Crippen LogP contribution in [0.25, 0.3) is 0 Å². The number of benzene rings is 1. The zero-order chi connectivity index (χ0) is 10.8. The number of hydrogen-bond acceptors (Lipinski definition) is 3. The molecule has 0 radical (unpaired) electrons. The van der Waals surface area contributed by atoms with Gasteiger partial charge in [-0.15, -0.1) is 0 Å². The van der Waals surface area contributed by atoms with Gasteiger partial charge < -0.3 is 4.89 Å². The molecule has 2 nitrogen and oxygen atoms in total. The van der Waals surface area contributed by atoms with E-state index < -0.39 is 19.0 Å². The molecule has 0 amide bonds. The van der Waals surface area contributed by atoms with Gasteiger partial charge in [0.05, 0.1) is 10.5 Å². The van der Waals surface area contributed by atoms with Crippen LogP contribution in [0.3, 0.4) is 0 Å². The first-order valence-corrected chi connectivity index (χ1v) is 5.99. The lowest BCUT2D eigenvalue weighted by Gasteiger charge is -2.05. The van der Waals surface area contributed by atoms with Gasteiger partial charge in [-0.2, -0.15) is 13.2 Å². The highest BCUT2D eigenvalue weighted by Crippen LogP contribution is 2.38.